The van der Waals surface area contributed by atoms with E-state index in [1.165, 1.54) is 41.8 Å². The van der Waals surface area contributed by atoms with Gasteiger partial charge < -0.3 is 14.4 Å². The predicted molar refractivity (Wildman–Crippen MR) is 82.7 cm³/mol. The molecule has 0 aliphatic rings. The van der Waals surface area contributed by atoms with Crippen molar-refractivity contribution in [3.63, 3.8) is 0 Å². The van der Waals surface area contributed by atoms with Crippen LogP contribution in [0.25, 0.3) is 0 Å². The zero-order valence-corrected chi connectivity index (χ0v) is 14.7. The van der Waals surface area contributed by atoms with Crippen LogP contribution in [0.3, 0.4) is 0 Å². The van der Waals surface area contributed by atoms with Crippen LogP contribution >= 0.6 is 0 Å². The van der Waals surface area contributed by atoms with E-state index in [0.29, 0.717) is 0 Å². The Labute approximate surface area is 132 Å². The highest BCUT2D eigenvalue weighted by molar-refractivity contribution is 7.87. The third kappa shape index (κ3) is 3.95. The predicted octanol–water partition coefficient (Wildman–Crippen LogP) is 0.705. The van der Waals surface area contributed by atoms with E-state index in [1.54, 1.807) is 0 Å². The maximum absolute atomic E-state index is 12.1. The van der Waals surface area contributed by atoms with Crippen LogP contribution in [0.15, 0.2) is 24.3 Å². The van der Waals surface area contributed by atoms with Gasteiger partial charge in [-0.2, -0.15) is 0 Å². The van der Waals surface area contributed by atoms with Gasteiger partial charge in [-0.25, -0.2) is 8.42 Å². The summed E-state index contributed by atoms with van der Waals surface area (Å²) in [7, 11) is -2.17. The van der Waals surface area contributed by atoms with Crippen molar-refractivity contribution >= 4 is 21.9 Å². The Morgan fingerprint density at radius 3 is 1.45 bits per heavy atom. The van der Waals surface area contributed by atoms with Gasteiger partial charge in [-0.3, -0.25) is 9.59 Å². The lowest BCUT2D eigenvalue weighted by Crippen LogP contribution is -2.62. The molecule has 0 unspecified atom stereocenters. The zero-order valence-electron chi connectivity index (χ0n) is 13.8. The molecular formula is C14H23N2O5S-. The minimum atomic E-state index is -4.81. The summed E-state index contributed by atoms with van der Waals surface area (Å²) in [5, 5.41) is 0. The van der Waals surface area contributed by atoms with Crippen molar-refractivity contribution in [2.24, 2.45) is 0 Å². The Morgan fingerprint density at radius 2 is 1.27 bits per heavy atom. The number of hydrogen-bond donors (Lipinski definition) is 0. The summed E-state index contributed by atoms with van der Waals surface area (Å²) in [5.74, 6) is -1.13. The van der Waals surface area contributed by atoms with Gasteiger partial charge in [-0.15, -0.1) is 0 Å². The molecule has 0 aliphatic heterocycles. The van der Waals surface area contributed by atoms with E-state index in [0.717, 1.165) is 9.80 Å². The molecule has 0 bridgehead atoms. The van der Waals surface area contributed by atoms with Crippen molar-refractivity contribution in [1.82, 2.24) is 9.80 Å². The van der Waals surface area contributed by atoms with Gasteiger partial charge in [0, 0.05) is 25.2 Å². The molecule has 22 heavy (non-hydrogen) atoms. The molecule has 0 aromatic heterocycles. The molecular weight excluding hydrogens is 308 g/mol. The van der Waals surface area contributed by atoms with Gasteiger partial charge in [0.2, 0.25) is 11.8 Å². The topological polar surface area (TPSA) is 97.8 Å². The van der Waals surface area contributed by atoms with Crippen LogP contribution in [0.2, 0.25) is 0 Å². The van der Waals surface area contributed by atoms with Crippen molar-refractivity contribution in [3.05, 3.63) is 24.3 Å². The van der Waals surface area contributed by atoms with Crippen molar-refractivity contribution in [2.75, 3.05) is 14.1 Å². The Morgan fingerprint density at radius 1 is 1.00 bits per heavy atom. The second-order valence-corrected chi connectivity index (χ2v) is 7.78. The molecule has 126 valence electrons. The van der Waals surface area contributed by atoms with Crippen LogP contribution in [0.4, 0.5) is 0 Å². The fraction of sp³-hybridized carbons (Fsp3) is 0.571. The van der Waals surface area contributed by atoms with Gasteiger partial charge in [0.25, 0.3) is 0 Å². The van der Waals surface area contributed by atoms with E-state index in [1.807, 2.05) is 0 Å². The summed E-state index contributed by atoms with van der Waals surface area (Å²) < 4.78 is 32.9. The Bertz CT molecular complexity index is 575. The molecule has 0 rings (SSSR count). The van der Waals surface area contributed by atoms with Gasteiger partial charge in [0.1, 0.15) is 16.3 Å². The SMILES string of the molecule is C=C(C)C(=O)N(C)C(N(C)C(=O)C(=C)C)C(C)(C)S(=O)(=O)[O-]. The maximum atomic E-state index is 12.1. The highest BCUT2D eigenvalue weighted by atomic mass is 32.2. The fourth-order valence-electron chi connectivity index (χ4n) is 2.15. The lowest BCUT2D eigenvalue weighted by Gasteiger charge is -2.46. The third-order valence-corrected chi connectivity index (χ3v) is 4.87. The van der Waals surface area contributed by atoms with E-state index >= 15 is 0 Å². The average Bonchev–Trinajstić information content (AvgIpc) is 2.34. The second kappa shape index (κ2) is 6.62. The Balaban J connectivity index is 6.12. The van der Waals surface area contributed by atoms with Gasteiger partial charge in [-0.05, 0) is 27.7 Å². The Kier molecular flexibility index (Phi) is 6.11. The number of carbonyl (C=O) groups is 2. The largest absolute Gasteiger partial charge is 0.747 e. The summed E-state index contributed by atoms with van der Waals surface area (Å²) in [5.41, 5.74) is 0.311. The standard InChI is InChI=1S/C14H24N2O5S/c1-9(2)11(17)15(7)13(14(5,6)22(19,20)21)16(8)12(18)10(3)4/h13H,1,3H2,2,4-8H3,(H,19,20,21)/p-1. The zero-order chi connectivity index (χ0) is 18.0. The summed E-state index contributed by atoms with van der Waals surface area (Å²) >= 11 is 0. The molecule has 2 amide bonds. The van der Waals surface area contributed by atoms with Crippen molar-refractivity contribution in [2.45, 2.75) is 38.6 Å². The number of carbonyl (C=O) groups excluding carboxylic acids is 2. The van der Waals surface area contributed by atoms with E-state index in [9.17, 15) is 22.6 Å². The van der Waals surface area contributed by atoms with Gasteiger partial charge in [0.05, 0.1) is 4.75 Å². The molecule has 0 saturated carbocycles. The monoisotopic (exact) mass is 331 g/mol. The normalized spacial score (nSPS) is 12.0. The van der Waals surface area contributed by atoms with E-state index in [4.69, 9.17) is 0 Å². The number of likely N-dealkylation sites (N-methyl/N-ethyl adjacent to an activating group) is 2. The summed E-state index contributed by atoms with van der Waals surface area (Å²) in [4.78, 5) is 26.3. The first-order valence-electron chi connectivity index (χ1n) is 6.47. The molecule has 8 heteroatoms. The van der Waals surface area contributed by atoms with Gasteiger partial charge in [-0.1, -0.05) is 13.2 Å². The van der Waals surface area contributed by atoms with E-state index < -0.39 is 32.8 Å². The molecule has 0 atom stereocenters. The summed E-state index contributed by atoms with van der Waals surface area (Å²) in [6.45, 7) is 12.3. The third-order valence-electron chi connectivity index (χ3n) is 3.37. The van der Waals surface area contributed by atoms with Crippen molar-refractivity contribution < 1.29 is 22.6 Å². The van der Waals surface area contributed by atoms with Gasteiger partial charge in [0.15, 0.2) is 0 Å². The first-order valence-corrected chi connectivity index (χ1v) is 7.87. The molecule has 0 radical (unpaired) electrons. The number of amides is 2. The molecule has 0 fully saturated rings. The van der Waals surface area contributed by atoms with E-state index in [-0.39, 0.29) is 11.1 Å². The van der Waals surface area contributed by atoms with Crippen molar-refractivity contribution in [1.29, 1.82) is 0 Å². The minimum Gasteiger partial charge on any atom is -0.747 e. The van der Waals surface area contributed by atoms with Crippen LogP contribution in [0.1, 0.15) is 27.7 Å². The molecule has 0 aliphatic carbocycles. The number of hydrogen-bond acceptors (Lipinski definition) is 5. The van der Waals surface area contributed by atoms with Crippen LogP contribution < -0.4 is 0 Å². The maximum Gasteiger partial charge on any atom is 0.250 e. The first-order chi connectivity index (χ1) is 9.66. The second-order valence-electron chi connectivity index (χ2n) is 5.82. The van der Waals surface area contributed by atoms with Crippen LogP contribution in [-0.4, -0.2) is 59.6 Å². The quantitative estimate of drug-likeness (QED) is 0.405. The number of nitrogens with zero attached hydrogens (tertiary/aromatic N) is 2. The molecule has 0 saturated heterocycles. The lowest BCUT2D eigenvalue weighted by molar-refractivity contribution is -0.140. The molecule has 7 nitrogen and oxygen atoms in total. The van der Waals surface area contributed by atoms with Crippen LogP contribution in [-0.2, 0) is 19.7 Å². The molecule has 0 aromatic rings. The fourth-order valence-corrected chi connectivity index (χ4v) is 2.72. The average molecular weight is 331 g/mol. The minimum absolute atomic E-state index is 0.155. The van der Waals surface area contributed by atoms with Crippen LogP contribution in [0.5, 0.6) is 0 Å². The van der Waals surface area contributed by atoms with Gasteiger partial charge >= 0.3 is 0 Å². The number of rotatable bonds is 6. The Hall–Kier alpha value is -1.67. The molecule has 0 heterocycles. The molecule has 0 spiro atoms. The van der Waals surface area contributed by atoms with E-state index in [2.05, 4.69) is 13.2 Å². The molecule has 0 N–H and O–H groups in total. The summed E-state index contributed by atoms with van der Waals surface area (Å²) in [6.07, 6.45) is -1.30. The smallest absolute Gasteiger partial charge is 0.250 e. The van der Waals surface area contributed by atoms with Crippen molar-refractivity contribution in [3.8, 4) is 0 Å². The highest BCUT2D eigenvalue weighted by Crippen LogP contribution is 2.27. The molecule has 0 aromatic carbocycles. The lowest BCUT2D eigenvalue weighted by atomic mass is 10.1. The highest BCUT2D eigenvalue weighted by Gasteiger charge is 2.44. The van der Waals surface area contributed by atoms with Crippen LogP contribution in [0, 0.1) is 0 Å². The first kappa shape index (κ1) is 20.3. The summed E-state index contributed by atoms with van der Waals surface area (Å²) in [6, 6.07) is 0.